The topological polar surface area (TPSA) is 70.2 Å². The average molecular weight is 389 g/mol. The zero-order valence-corrected chi connectivity index (χ0v) is 15.1. The highest BCUT2D eigenvalue weighted by atomic mass is 19.4. The van der Waals surface area contributed by atoms with Crippen molar-refractivity contribution >= 4 is 17.6 Å². The lowest BCUT2D eigenvalue weighted by Gasteiger charge is -2.28. The molecule has 1 atom stereocenters. The predicted octanol–water partition coefficient (Wildman–Crippen LogP) is 4.28. The largest absolute Gasteiger partial charge is 0.416 e. The van der Waals surface area contributed by atoms with Crippen LogP contribution in [0.5, 0.6) is 0 Å². The van der Waals surface area contributed by atoms with Crippen molar-refractivity contribution in [3.05, 3.63) is 76.5 Å². The molecule has 5 nitrogen and oxygen atoms in total. The van der Waals surface area contributed by atoms with E-state index in [1.54, 1.807) is 19.1 Å². The summed E-state index contributed by atoms with van der Waals surface area (Å²) in [6.45, 7) is 3.48. The predicted molar refractivity (Wildman–Crippen MR) is 98.4 cm³/mol. The number of amides is 3. The molecule has 0 bridgehead atoms. The van der Waals surface area contributed by atoms with Gasteiger partial charge in [-0.15, -0.1) is 0 Å². The molecule has 0 radical (unpaired) electrons. The number of nitrogens with one attached hydrogen (secondary N) is 3. The van der Waals surface area contributed by atoms with Crippen molar-refractivity contribution in [1.29, 1.82) is 0 Å². The quantitative estimate of drug-likeness (QED) is 0.733. The zero-order valence-electron chi connectivity index (χ0n) is 15.1. The molecular formula is C20H18F3N3O2. The number of halogens is 3. The molecule has 0 aliphatic carbocycles. The van der Waals surface area contributed by atoms with Crippen molar-refractivity contribution < 1.29 is 22.8 Å². The van der Waals surface area contributed by atoms with Gasteiger partial charge in [0.2, 0.25) is 0 Å². The maximum atomic E-state index is 12.9. The Hall–Kier alpha value is -3.29. The van der Waals surface area contributed by atoms with Crippen molar-refractivity contribution in [3.63, 3.8) is 0 Å². The fourth-order valence-electron chi connectivity index (χ4n) is 2.98. The molecule has 1 aliphatic rings. The van der Waals surface area contributed by atoms with Crippen molar-refractivity contribution in [2.45, 2.75) is 26.1 Å². The van der Waals surface area contributed by atoms with Crippen molar-refractivity contribution in [1.82, 2.24) is 10.6 Å². The molecule has 2 aromatic rings. The molecule has 0 spiro atoms. The first-order chi connectivity index (χ1) is 13.1. The van der Waals surface area contributed by atoms with E-state index in [1.807, 2.05) is 19.1 Å². The third-order valence-corrected chi connectivity index (χ3v) is 4.37. The van der Waals surface area contributed by atoms with Crippen molar-refractivity contribution in [2.24, 2.45) is 0 Å². The number of rotatable bonds is 3. The number of anilines is 1. The van der Waals surface area contributed by atoms with Crippen molar-refractivity contribution in [3.8, 4) is 0 Å². The standard InChI is InChI=1S/C20H18F3N3O2/c1-11-6-8-13(9-7-11)17-16(12(2)24-19(28)26-17)18(27)25-15-5-3-4-14(10-15)20(21,22)23/h3-10,17H,1-2H3,(H,25,27)(H2,24,26,28)/t17-/m0/s1. The van der Waals surface area contributed by atoms with Crippen LogP contribution in [0.1, 0.15) is 29.7 Å². The van der Waals surface area contributed by atoms with Crippen LogP contribution in [0.3, 0.4) is 0 Å². The molecule has 0 unspecified atom stereocenters. The van der Waals surface area contributed by atoms with Crippen LogP contribution in [0, 0.1) is 6.92 Å². The number of alkyl halides is 3. The Kier molecular flexibility index (Phi) is 5.13. The van der Waals surface area contributed by atoms with Crippen LogP contribution in [0.15, 0.2) is 59.8 Å². The summed E-state index contributed by atoms with van der Waals surface area (Å²) in [4.78, 5) is 24.7. The van der Waals surface area contributed by atoms with Crippen LogP contribution in [0.2, 0.25) is 0 Å². The molecule has 3 N–H and O–H groups in total. The third kappa shape index (κ3) is 4.16. The number of hydrogen-bond acceptors (Lipinski definition) is 2. The van der Waals surface area contributed by atoms with Gasteiger partial charge in [0.25, 0.3) is 5.91 Å². The van der Waals surface area contributed by atoms with Crippen LogP contribution < -0.4 is 16.0 Å². The van der Waals surface area contributed by atoms with Gasteiger partial charge in [-0.1, -0.05) is 35.9 Å². The number of benzene rings is 2. The summed E-state index contributed by atoms with van der Waals surface area (Å²) in [5.74, 6) is -0.602. The van der Waals surface area contributed by atoms with E-state index in [-0.39, 0.29) is 11.3 Å². The lowest BCUT2D eigenvalue weighted by atomic mass is 9.94. The van der Waals surface area contributed by atoms with Gasteiger partial charge < -0.3 is 16.0 Å². The number of allylic oxidation sites excluding steroid dienone is 1. The van der Waals surface area contributed by atoms with Gasteiger partial charge in [0.1, 0.15) is 0 Å². The minimum atomic E-state index is -4.51. The SMILES string of the molecule is CC1=C(C(=O)Nc2cccc(C(F)(F)F)c2)[C@H](c2ccc(C)cc2)NC(=O)N1. The Balaban J connectivity index is 1.92. The number of carbonyl (C=O) groups excluding carboxylic acids is 2. The van der Waals surface area contributed by atoms with Gasteiger partial charge in [0.15, 0.2) is 0 Å². The molecule has 3 amide bonds. The van der Waals surface area contributed by atoms with Gasteiger partial charge in [-0.3, -0.25) is 4.79 Å². The summed E-state index contributed by atoms with van der Waals surface area (Å²) < 4.78 is 38.7. The summed E-state index contributed by atoms with van der Waals surface area (Å²) >= 11 is 0. The van der Waals surface area contributed by atoms with E-state index < -0.39 is 29.7 Å². The lowest BCUT2D eigenvalue weighted by molar-refractivity contribution is -0.137. The van der Waals surface area contributed by atoms with Crippen LogP contribution in [0.4, 0.5) is 23.7 Å². The van der Waals surface area contributed by atoms with Crippen LogP contribution >= 0.6 is 0 Å². The van der Waals surface area contributed by atoms with Crippen LogP contribution in [-0.4, -0.2) is 11.9 Å². The Morgan fingerprint density at radius 3 is 2.39 bits per heavy atom. The van der Waals surface area contributed by atoms with E-state index in [0.29, 0.717) is 11.3 Å². The first-order valence-corrected chi connectivity index (χ1v) is 8.48. The van der Waals surface area contributed by atoms with Crippen LogP contribution in [0.25, 0.3) is 0 Å². The van der Waals surface area contributed by atoms with E-state index in [0.717, 1.165) is 17.7 Å². The van der Waals surface area contributed by atoms with Crippen molar-refractivity contribution in [2.75, 3.05) is 5.32 Å². The summed E-state index contributed by atoms with van der Waals surface area (Å²) in [5, 5.41) is 7.71. The van der Waals surface area contributed by atoms with Crippen LogP contribution in [-0.2, 0) is 11.0 Å². The van der Waals surface area contributed by atoms with E-state index in [4.69, 9.17) is 0 Å². The van der Waals surface area contributed by atoms with E-state index in [9.17, 15) is 22.8 Å². The summed E-state index contributed by atoms with van der Waals surface area (Å²) in [7, 11) is 0. The Morgan fingerprint density at radius 1 is 1.07 bits per heavy atom. The summed E-state index contributed by atoms with van der Waals surface area (Å²) in [6.07, 6.45) is -4.51. The molecule has 0 fully saturated rings. The van der Waals surface area contributed by atoms with Gasteiger partial charge in [-0.05, 0) is 37.6 Å². The highest BCUT2D eigenvalue weighted by Gasteiger charge is 2.33. The van der Waals surface area contributed by atoms with Gasteiger partial charge in [0.05, 0.1) is 17.2 Å². The number of urea groups is 1. The highest BCUT2D eigenvalue weighted by Crippen LogP contribution is 2.32. The zero-order chi connectivity index (χ0) is 20.5. The second-order valence-corrected chi connectivity index (χ2v) is 6.51. The smallest absolute Gasteiger partial charge is 0.327 e. The van der Waals surface area contributed by atoms with E-state index in [2.05, 4.69) is 16.0 Å². The monoisotopic (exact) mass is 389 g/mol. The Labute approximate surface area is 159 Å². The molecule has 0 saturated carbocycles. The van der Waals surface area contributed by atoms with E-state index >= 15 is 0 Å². The maximum absolute atomic E-state index is 12.9. The number of hydrogen-bond donors (Lipinski definition) is 3. The first kappa shape index (κ1) is 19.5. The molecule has 1 aliphatic heterocycles. The summed E-state index contributed by atoms with van der Waals surface area (Å²) in [6, 6.07) is 10.5. The second kappa shape index (κ2) is 7.38. The fraction of sp³-hybridized carbons (Fsp3) is 0.200. The van der Waals surface area contributed by atoms with Gasteiger partial charge in [-0.2, -0.15) is 13.2 Å². The minimum Gasteiger partial charge on any atom is -0.327 e. The average Bonchev–Trinajstić information content (AvgIpc) is 2.61. The lowest BCUT2D eigenvalue weighted by Crippen LogP contribution is -2.45. The Bertz CT molecular complexity index is 950. The molecule has 28 heavy (non-hydrogen) atoms. The Morgan fingerprint density at radius 2 is 1.75 bits per heavy atom. The van der Waals surface area contributed by atoms with E-state index in [1.165, 1.54) is 12.1 Å². The number of carbonyl (C=O) groups is 2. The molecule has 2 aromatic carbocycles. The summed E-state index contributed by atoms with van der Waals surface area (Å²) in [5.41, 5.74) is 1.41. The fourth-order valence-corrected chi connectivity index (χ4v) is 2.98. The minimum absolute atomic E-state index is 0.0136. The third-order valence-electron chi connectivity index (χ3n) is 4.37. The molecular weight excluding hydrogens is 371 g/mol. The molecule has 1 heterocycles. The molecule has 3 rings (SSSR count). The molecule has 146 valence electrons. The molecule has 8 heteroatoms. The van der Waals surface area contributed by atoms with Gasteiger partial charge in [-0.25, -0.2) is 4.79 Å². The van der Waals surface area contributed by atoms with Gasteiger partial charge >= 0.3 is 12.2 Å². The normalized spacial score (nSPS) is 17.0. The maximum Gasteiger partial charge on any atom is 0.416 e. The second-order valence-electron chi connectivity index (χ2n) is 6.51. The first-order valence-electron chi connectivity index (χ1n) is 8.48. The molecule has 0 aromatic heterocycles. The number of aryl methyl sites for hydroxylation is 1. The molecule has 0 saturated heterocycles. The highest BCUT2D eigenvalue weighted by molar-refractivity contribution is 6.06. The van der Waals surface area contributed by atoms with Gasteiger partial charge in [0, 0.05) is 11.4 Å².